The molecule has 1 amide bonds. The van der Waals surface area contributed by atoms with E-state index in [1.54, 1.807) is 0 Å². The quantitative estimate of drug-likeness (QED) is 0.781. The smallest absolute Gasteiger partial charge is 0.235 e. The predicted octanol–water partition coefficient (Wildman–Crippen LogP) is 2.03. The van der Waals surface area contributed by atoms with Crippen LogP contribution in [-0.4, -0.2) is 11.8 Å². The van der Waals surface area contributed by atoms with Crippen molar-refractivity contribution in [2.45, 2.75) is 25.8 Å². The van der Waals surface area contributed by atoms with Crippen molar-refractivity contribution in [3.8, 4) is 0 Å². The van der Waals surface area contributed by atoms with Crippen molar-refractivity contribution < 1.29 is 4.79 Å². The van der Waals surface area contributed by atoms with Crippen molar-refractivity contribution in [2.75, 3.05) is 5.88 Å². The van der Waals surface area contributed by atoms with Crippen LogP contribution in [0.25, 0.3) is 0 Å². The predicted molar refractivity (Wildman–Crippen MR) is 61.0 cm³/mol. The molecule has 1 N–H and O–H groups in total. The summed E-state index contributed by atoms with van der Waals surface area (Å²) < 4.78 is 0. The number of halogens is 1. The van der Waals surface area contributed by atoms with Gasteiger partial charge in [0.1, 0.15) is 5.88 Å². The summed E-state index contributed by atoms with van der Waals surface area (Å²) in [5.74, 6) is -0.0811. The second-order valence-electron chi connectivity index (χ2n) is 3.87. The third-order valence-corrected chi connectivity index (χ3v) is 3.02. The van der Waals surface area contributed by atoms with Crippen molar-refractivity contribution in [1.29, 1.82) is 0 Å². The third kappa shape index (κ3) is 2.51. The van der Waals surface area contributed by atoms with Gasteiger partial charge in [-0.1, -0.05) is 18.2 Å². The highest BCUT2D eigenvalue weighted by molar-refractivity contribution is 6.27. The summed E-state index contributed by atoms with van der Waals surface area (Å²) in [5.41, 5.74) is 4.06. The summed E-state index contributed by atoms with van der Waals surface area (Å²) in [6.07, 6.45) is 3.63. The van der Waals surface area contributed by atoms with Gasteiger partial charge >= 0.3 is 0 Å². The molecule has 1 aliphatic carbocycles. The van der Waals surface area contributed by atoms with Gasteiger partial charge in [-0.25, -0.2) is 0 Å². The summed E-state index contributed by atoms with van der Waals surface area (Å²) in [4.78, 5) is 11.0. The van der Waals surface area contributed by atoms with Gasteiger partial charge < -0.3 is 5.32 Å². The molecule has 2 rings (SSSR count). The molecule has 0 heterocycles. The highest BCUT2D eigenvalue weighted by Gasteiger charge is 2.10. The maximum atomic E-state index is 11.0. The number of nitrogens with one attached hydrogen (secondary N) is 1. The van der Waals surface area contributed by atoms with Gasteiger partial charge in [-0.3, -0.25) is 4.79 Å². The Balaban J connectivity index is 2.01. The molecule has 0 saturated heterocycles. The Morgan fingerprint density at radius 2 is 2.13 bits per heavy atom. The molecule has 0 fully saturated rings. The molecule has 0 bridgehead atoms. The average molecular weight is 224 g/mol. The van der Waals surface area contributed by atoms with Crippen LogP contribution in [0.5, 0.6) is 0 Å². The van der Waals surface area contributed by atoms with Crippen LogP contribution in [0.4, 0.5) is 0 Å². The van der Waals surface area contributed by atoms with Crippen molar-refractivity contribution in [3.05, 3.63) is 34.9 Å². The third-order valence-electron chi connectivity index (χ3n) is 2.77. The topological polar surface area (TPSA) is 29.1 Å². The van der Waals surface area contributed by atoms with E-state index < -0.39 is 0 Å². The van der Waals surface area contributed by atoms with Crippen molar-refractivity contribution in [2.24, 2.45) is 0 Å². The Labute approximate surface area is 94.6 Å². The zero-order valence-electron chi connectivity index (χ0n) is 8.55. The molecular formula is C12H14ClNO. The summed E-state index contributed by atoms with van der Waals surface area (Å²) in [6.45, 7) is 0.582. The fraction of sp³-hybridized carbons (Fsp3) is 0.417. The highest BCUT2D eigenvalue weighted by Crippen LogP contribution is 2.22. The minimum Gasteiger partial charge on any atom is -0.351 e. The summed E-state index contributed by atoms with van der Waals surface area (Å²) in [6, 6.07) is 6.44. The van der Waals surface area contributed by atoms with Crippen LogP contribution < -0.4 is 5.32 Å². The second-order valence-corrected chi connectivity index (χ2v) is 4.13. The van der Waals surface area contributed by atoms with Crippen LogP contribution in [0.1, 0.15) is 23.1 Å². The van der Waals surface area contributed by atoms with Crippen molar-refractivity contribution >= 4 is 17.5 Å². The van der Waals surface area contributed by atoms with Gasteiger partial charge in [0.2, 0.25) is 5.91 Å². The molecule has 1 aromatic rings. The Morgan fingerprint density at radius 3 is 2.93 bits per heavy atom. The average Bonchev–Trinajstić information content (AvgIpc) is 2.72. The number of carbonyl (C=O) groups is 1. The highest BCUT2D eigenvalue weighted by atomic mass is 35.5. The van der Waals surface area contributed by atoms with E-state index in [1.807, 2.05) is 0 Å². The maximum Gasteiger partial charge on any atom is 0.235 e. The molecule has 0 aromatic heterocycles. The fourth-order valence-corrected chi connectivity index (χ4v) is 2.08. The molecule has 1 aromatic carbocycles. The first kappa shape index (κ1) is 10.5. The second kappa shape index (κ2) is 4.67. The van der Waals surface area contributed by atoms with E-state index in [2.05, 4.69) is 23.5 Å². The number of fused-ring (bicyclic) bond motifs is 1. The van der Waals surface area contributed by atoms with Crippen LogP contribution in [0, 0.1) is 0 Å². The molecule has 0 aliphatic heterocycles. The molecule has 80 valence electrons. The number of benzene rings is 1. The van der Waals surface area contributed by atoms with Crippen LogP contribution in [0.3, 0.4) is 0 Å². The monoisotopic (exact) mass is 223 g/mol. The minimum atomic E-state index is -0.114. The normalized spacial score (nSPS) is 13.7. The molecular weight excluding hydrogens is 210 g/mol. The molecule has 0 atom stereocenters. The molecule has 0 unspecified atom stereocenters. The molecule has 2 nitrogen and oxygen atoms in total. The number of aryl methyl sites for hydroxylation is 2. The zero-order valence-corrected chi connectivity index (χ0v) is 9.31. The Kier molecular flexibility index (Phi) is 3.27. The van der Waals surface area contributed by atoms with Gasteiger partial charge in [-0.15, -0.1) is 11.6 Å². The van der Waals surface area contributed by atoms with Gasteiger partial charge in [0.25, 0.3) is 0 Å². The maximum absolute atomic E-state index is 11.0. The van der Waals surface area contributed by atoms with Gasteiger partial charge in [0.15, 0.2) is 0 Å². The van der Waals surface area contributed by atoms with Gasteiger partial charge in [-0.05, 0) is 36.0 Å². The van der Waals surface area contributed by atoms with E-state index in [4.69, 9.17) is 11.6 Å². The molecule has 1 aliphatic rings. The largest absolute Gasteiger partial charge is 0.351 e. The zero-order chi connectivity index (χ0) is 10.7. The van der Waals surface area contributed by atoms with E-state index >= 15 is 0 Å². The van der Waals surface area contributed by atoms with E-state index in [-0.39, 0.29) is 11.8 Å². The molecule has 15 heavy (non-hydrogen) atoms. The minimum absolute atomic E-state index is 0.0327. The standard InChI is InChI=1S/C12H14ClNO/c13-7-12(15)14-8-9-4-5-10-2-1-3-11(10)6-9/h4-6H,1-3,7-8H2,(H,14,15). The number of amides is 1. The first-order chi connectivity index (χ1) is 7.29. The SMILES string of the molecule is O=C(CCl)NCc1ccc2c(c1)CCC2. The Morgan fingerprint density at radius 1 is 1.33 bits per heavy atom. The lowest BCUT2D eigenvalue weighted by atomic mass is 10.1. The van der Waals surface area contributed by atoms with Crippen LogP contribution in [0.15, 0.2) is 18.2 Å². The van der Waals surface area contributed by atoms with E-state index in [0.29, 0.717) is 6.54 Å². The summed E-state index contributed by atoms with van der Waals surface area (Å²) in [5, 5.41) is 2.77. The molecule has 3 heteroatoms. The number of carbonyl (C=O) groups excluding carboxylic acids is 1. The van der Waals surface area contributed by atoms with Gasteiger partial charge in [-0.2, -0.15) is 0 Å². The Hall–Kier alpha value is -1.02. The molecule has 0 radical (unpaired) electrons. The van der Waals surface area contributed by atoms with Gasteiger partial charge in [0.05, 0.1) is 0 Å². The van der Waals surface area contributed by atoms with Crippen molar-refractivity contribution in [1.82, 2.24) is 5.32 Å². The van der Waals surface area contributed by atoms with Crippen LogP contribution in [0.2, 0.25) is 0 Å². The lowest BCUT2D eigenvalue weighted by molar-refractivity contribution is -0.118. The lowest BCUT2D eigenvalue weighted by Gasteiger charge is -2.05. The van der Waals surface area contributed by atoms with Gasteiger partial charge in [0, 0.05) is 6.54 Å². The number of rotatable bonds is 3. The summed E-state index contributed by atoms with van der Waals surface area (Å²) >= 11 is 5.40. The summed E-state index contributed by atoms with van der Waals surface area (Å²) in [7, 11) is 0. The fourth-order valence-electron chi connectivity index (χ4n) is 1.98. The van der Waals surface area contributed by atoms with E-state index in [0.717, 1.165) is 5.56 Å². The van der Waals surface area contributed by atoms with Crippen LogP contribution in [-0.2, 0) is 24.2 Å². The molecule has 0 saturated carbocycles. The first-order valence-corrected chi connectivity index (χ1v) is 5.76. The number of hydrogen-bond donors (Lipinski definition) is 1. The first-order valence-electron chi connectivity index (χ1n) is 5.23. The number of alkyl halides is 1. The number of hydrogen-bond acceptors (Lipinski definition) is 1. The lowest BCUT2D eigenvalue weighted by Crippen LogP contribution is -2.23. The Bertz CT molecular complexity index is 376. The van der Waals surface area contributed by atoms with Crippen LogP contribution >= 0.6 is 11.6 Å². The van der Waals surface area contributed by atoms with E-state index in [9.17, 15) is 4.79 Å². The van der Waals surface area contributed by atoms with E-state index in [1.165, 1.54) is 30.4 Å². The van der Waals surface area contributed by atoms with Crippen molar-refractivity contribution in [3.63, 3.8) is 0 Å². The molecule has 0 spiro atoms.